The monoisotopic (exact) mass is 329 g/mol. The van der Waals surface area contributed by atoms with Crippen molar-refractivity contribution < 1.29 is 26.6 Å². The van der Waals surface area contributed by atoms with Crippen molar-refractivity contribution in [3.63, 3.8) is 0 Å². The Balaban J connectivity index is 0.00000220. The van der Waals surface area contributed by atoms with Gasteiger partial charge in [0.15, 0.2) is 12.0 Å². The van der Waals surface area contributed by atoms with Crippen molar-refractivity contribution in [1.82, 2.24) is 19.9 Å². The highest BCUT2D eigenvalue weighted by molar-refractivity contribution is 7.98. The van der Waals surface area contributed by atoms with Crippen LogP contribution < -0.4 is 17.1 Å². The van der Waals surface area contributed by atoms with E-state index in [0.717, 1.165) is 5.56 Å². The first-order valence-electron chi connectivity index (χ1n) is 6.14. The molecule has 9 heteroatoms. The Morgan fingerprint density at radius 3 is 2.90 bits per heavy atom. The largest absolute Gasteiger partial charge is 1.00 e. The average Bonchev–Trinajstić information content (AvgIpc) is 2.86. The zero-order valence-corrected chi connectivity index (χ0v) is 13.3. The Kier molecular flexibility index (Phi) is 7.10. The number of halogens is 1. The number of esters is 1. The molecule has 0 aliphatic carbocycles. The summed E-state index contributed by atoms with van der Waals surface area (Å²) in [6.07, 6.45) is 5.19. The van der Waals surface area contributed by atoms with Crippen LogP contribution in [0.15, 0.2) is 24.8 Å². The Bertz CT molecular complexity index is 575. The van der Waals surface area contributed by atoms with Gasteiger partial charge in [-0.1, -0.05) is 16.4 Å². The van der Waals surface area contributed by atoms with E-state index in [2.05, 4.69) is 15.2 Å². The number of thioether (sulfide) groups is 1. The summed E-state index contributed by atoms with van der Waals surface area (Å²) in [6.45, 7) is 2.21. The smallest absolute Gasteiger partial charge is 0.316 e. The van der Waals surface area contributed by atoms with Crippen molar-refractivity contribution in [3.05, 3.63) is 24.8 Å². The van der Waals surface area contributed by atoms with E-state index in [0.29, 0.717) is 24.1 Å². The fourth-order valence-electron chi connectivity index (χ4n) is 1.49. The van der Waals surface area contributed by atoms with E-state index in [1.807, 2.05) is 19.3 Å². The van der Waals surface area contributed by atoms with Crippen molar-refractivity contribution >= 4 is 17.7 Å². The van der Waals surface area contributed by atoms with Crippen molar-refractivity contribution in [1.29, 1.82) is 0 Å². The summed E-state index contributed by atoms with van der Waals surface area (Å²) in [4.78, 5) is 15.3. The number of carbonyl (C=O) groups excluding carboxylic acids is 1. The molecule has 0 saturated carbocycles. The number of hydrogen-bond donors (Lipinski definition) is 0. The van der Waals surface area contributed by atoms with Crippen LogP contribution in [0.3, 0.4) is 0 Å². The molecular formula is C12H16ClN5O2S. The molecule has 0 fully saturated rings. The third kappa shape index (κ3) is 5.31. The number of ether oxygens (including phenoxy) is 1. The number of rotatable bonds is 6. The van der Waals surface area contributed by atoms with Gasteiger partial charge in [-0.05, 0) is 12.0 Å². The van der Waals surface area contributed by atoms with Gasteiger partial charge in [0, 0.05) is 13.1 Å². The summed E-state index contributed by atoms with van der Waals surface area (Å²) in [7, 11) is 1.82. The van der Waals surface area contributed by atoms with Crippen LogP contribution >= 0.6 is 11.8 Å². The highest BCUT2D eigenvalue weighted by Gasteiger charge is 2.09. The van der Waals surface area contributed by atoms with Crippen LogP contribution in [0, 0.1) is 0 Å². The van der Waals surface area contributed by atoms with Gasteiger partial charge in [-0.2, -0.15) is 5.10 Å². The van der Waals surface area contributed by atoms with Crippen LogP contribution in [0.1, 0.15) is 6.92 Å². The molecule has 0 aromatic carbocycles. The predicted molar refractivity (Wildman–Crippen MR) is 73.5 cm³/mol. The number of hydrogen-bond acceptors (Lipinski definition) is 6. The Morgan fingerprint density at radius 1 is 1.52 bits per heavy atom. The first-order valence-corrected chi connectivity index (χ1v) is 7.29. The molecule has 2 aromatic heterocycles. The molecule has 7 nitrogen and oxygen atoms in total. The van der Waals surface area contributed by atoms with Crippen LogP contribution in [0.4, 0.5) is 0 Å². The van der Waals surface area contributed by atoms with Gasteiger partial charge in [-0.25, -0.2) is 4.98 Å². The topological polar surface area (TPSA) is 73.8 Å². The second-order valence-corrected chi connectivity index (χ2v) is 4.93. The first-order chi connectivity index (χ1) is 9.69. The summed E-state index contributed by atoms with van der Waals surface area (Å²) in [5.41, 5.74) is 0.859. The van der Waals surface area contributed by atoms with Crippen LogP contribution in [-0.4, -0.2) is 38.2 Å². The predicted octanol–water partition coefficient (Wildman–Crippen LogP) is -2.58. The van der Waals surface area contributed by atoms with Gasteiger partial charge in [-0.15, -0.1) is 0 Å². The number of aryl methyl sites for hydroxylation is 1. The van der Waals surface area contributed by atoms with Gasteiger partial charge >= 0.3 is 5.97 Å². The Hall–Kier alpha value is -1.67. The molecular weight excluding hydrogens is 314 g/mol. The van der Waals surface area contributed by atoms with Crippen LogP contribution in [0.5, 0.6) is 0 Å². The Labute approximate surface area is 133 Å². The fraction of sp³-hybridized carbons (Fsp3) is 0.417. The van der Waals surface area contributed by atoms with Crippen molar-refractivity contribution in [3.8, 4) is 11.4 Å². The maximum atomic E-state index is 11.2. The summed E-state index contributed by atoms with van der Waals surface area (Å²) in [5, 5.41) is 8.47. The minimum Gasteiger partial charge on any atom is -1.00 e. The molecule has 2 rings (SSSR count). The molecule has 0 unspecified atom stereocenters. The zero-order chi connectivity index (χ0) is 14.4. The summed E-state index contributed by atoms with van der Waals surface area (Å²) in [6, 6.07) is 1.90. The second-order valence-electron chi connectivity index (χ2n) is 3.98. The van der Waals surface area contributed by atoms with Crippen LogP contribution in [0.2, 0.25) is 0 Å². The fourth-order valence-corrected chi connectivity index (χ4v) is 2.17. The van der Waals surface area contributed by atoms with Gasteiger partial charge in [0.2, 0.25) is 5.88 Å². The Morgan fingerprint density at radius 2 is 2.33 bits per heavy atom. The van der Waals surface area contributed by atoms with E-state index < -0.39 is 0 Å². The van der Waals surface area contributed by atoms with E-state index in [-0.39, 0.29) is 18.4 Å². The molecule has 0 amide bonds. The lowest BCUT2D eigenvalue weighted by Gasteiger charge is -1.99. The zero-order valence-electron chi connectivity index (χ0n) is 11.8. The van der Waals surface area contributed by atoms with Crippen LogP contribution in [0.25, 0.3) is 11.4 Å². The minimum absolute atomic E-state index is 0. The molecule has 0 atom stereocenters. The quantitative estimate of drug-likeness (QED) is 0.428. The van der Waals surface area contributed by atoms with Crippen LogP contribution in [-0.2, 0) is 22.5 Å². The van der Waals surface area contributed by atoms with Gasteiger partial charge in [0.25, 0.3) is 0 Å². The number of aromatic nitrogens is 5. The van der Waals surface area contributed by atoms with E-state index in [4.69, 9.17) is 4.74 Å². The molecule has 0 radical (unpaired) electrons. The van der Waals surface area contributed by atoms with E-state index >= 15 is 0 Å². The maximum absolute atomic E-state index is 11.2. The molecule has 2 heterocycles. The number of carbonyl (C=O) groups is 1. The number of nitrogens with zero attached hydrogens (tertiary/aromatic N) is 5. The van der Waals surface area contributed by atoms with E-state index in [1.165, 1.54) is 11.8 Å². The van der Waals surface area contributed by atoms with E-state index in [9.17, 15) is 4.79 Å². The summed E-state index contributed by atoms with van der Waals surface area (Å²) in [5.74, 6) is 1.36. The molecule has 0 aliphatic rings. The van der Waals surface area contributed by atoms with Crippen molar-refractivity contribution in [2.24, 2.45) is 7.05 Å². The summed E-state index contributed by atoms with van der Waals surface area (Å²) >= 11 is 1.45. The molecule has 0 spiro atoms. The molecule has 114 valence electrons. The van der Waals surface area contributed by atoms with Crippen molar-refractivity contribution in [2.75, 3.05) is 12.4 Å². The third-order valence-electron chi connectivity index (χ3n) is 2.38. The SMILES string of the molecule is CCOC(=O)CSC[n+]1ccc(-c2ncn(C)n2)cn1.[Cl-]. The first kappa shape index (κ1) is 17.4. The lowest BCUT2D eigenvalue weighted by atomic mass is 10.3. The lowest BCUT2D eigenvalue weighted by Crippen LogP contribution is -3.00. The molecule has 0 N–H and O–H groups in total. The highest BCUT2D eigenvalue weighted by Crippen LogP contribution is 2.10. The summed E-state index contributed by atoms with van der Waals surface area (Å²) < 4.78 is 8.24. The standard InChI is InChI=1S/C12H16N5O2S.ClH/c1-3-19-11(18)7-20-9-17-5-4-10(6-14-17)12-13-8-16(2)15-12;/h4-6,8H,3,7,9H2,1-2H3;1H/q+1;/p-1. The van der Waals surface area contributed by atoms with Crippen molar-refractivity contribution in [2.45, 2.75) is 12.8 Å². The lowest BCUT2D eigenvalue weighted by molar-refractivity contribution is -0.734. The molecule has 2 aromatic rings. The molecule has 0 aliphatic heterocycles. The normalized spacial score (nSPS) is 10.0. The maximum Gasteiger partial charge on any atom is 0.316 e. The van der Waals surface area contributed by atoms with Gasteiger partial charge in [0.05, 0.1) is 17.9 Å². The average molecular weight is 330 g/mol. The second kappa shape index (κ2) is 8.58. The van der Waals surface area contributed by atoms with E-state index in [1.54, 1.807) is 28.8 Å². The highest BCUT2D eigenvalue weighted by atomic mass is 35.5. The van der Waals surface area contributed by atoms with Gasteiger partial charge in [-0.3, -0.25) is 9.48 Å². The van der Waals surface area contributed by atoms with Gasteiger partial charge in [0.1, 0.15) is 12.5 Å². The molecule has 0 saturated heterocycles. The third-order valence-corrected chi connectivity index (χ3v) is 3.26. The molecule has 21 heavy (non-hydrogen) atoms. The van der Waals surface area contributed by atoms with Gasteiger partial charge < -0.3 is 17.1 Å². The molecule has 0 bridgehead atoms. The minimum atomic E-state index is -0.201.